The number of piperidine rings is 1. The highest BCUT2D eigenvalue weighted by atomic mass is 19.3. The van der Waals surface area contributed by atoms with Gasteiger partial charge in [0.25, 0.3) is 5.92 Å². The number of alkyl halides is 2. The maximum atomic E-state index is 13.8. The number of hydrogen-bond acceptors (Lipinski definition) is 3. The van der Waals surface area contributed by atoms with E-state index in [4.69, 9.17) is 5.73 Å². The lowest BCUT2D eigenvalue weighted by atomic mass is 9.47. The predicted molar refractivity (Wildman–Crippen MR) is 96.9 cm³/mol. The van der Waals surface area contributed by atoms with Crippen molar-refractivity contribution in [2.45, 2.75) is 76.3 Å². The molecule has 2 amide bonds. The molecule has 0 spiro atoms. The molecule has 0 aromatic carbocycles. The maximum absolute atomic E-state index is 13.8. The molecule has 1 aliphatic heterocycles. The molecular weight excluding hydrogens is 352 g/mol. The number of likely N-dealkylation sites (tertiary alicyclic amines) is 1. The smallest absolute Gasteiger partial charge is 0.260 e. The lowest BCUT2D eigenvalue weighted by Crippen LogP contribution is -2.64. The number of nitrogens with one attached hydrogen (secondary N) is 1. The molecule has 4 bridgehead atoms. The molecule has 4 saturated carbocycles. The number of nitrogens with two attached hydrogens (primary N) is 1. The lowest BCUT2D eigenvalue weighted by Gasteiger charge is -2.59. The predicted octanol–water partition coefficient (Wildman–Crippen LogP) is 2.29. The monoisotopic (exact) mass is 383 g/mol. The number of nitrogens with zero attached hydrogens (tertiary/aromatic N) is 1. The van der Waals surface area contributed by atoms with E-state index < -0.39 is 12.0 Å². The van der Waals surface area contributed by atoms with Crippen LogP contribution in [0.25, 0.3) is 0 Å². The Labute approximate surface area is 159 Å². The van der Waals surface area contributed by atoms with Crippen LogP contribution in [0.2, 0.25) is 0 Å². The Hall–Kier alpha value is -1.24. The van der Waals surface area contributed by atoms with Crippen molar-refractivity contribution >= 4 is 11.8 Å². The molecule has 1 saturated heterocycles. The van der Waals surface area contributed by atoms with Gasteiger partial charge in [-0.3, -0.25) is 14.5 Å². The lowest BCUT2D eigenvalue weighted by molar-refractivity contribution is -0.149. The third-order valence-electron chi connectivity index (χ3n) is 7.66. The van der Waals surface area contributed by atoms with E-state index in [0.717, 1.165) is 32.1 Å². The number of halogens is 2. The third-order valence-corrected chi connectivity index (χ3v) is 7.66. The van der Waals surface area contributed by atoms with Crippen LogP contribution in [-0.2, 0) is 9.59 Å². The molecule has 1 heterocycles. The van der Waals surface area contributed by atoms with Gasteiger partial charge in [-0.2, -0.15) is 0 Å². The molecule has 0 aromatic heterocycles. The number of carbonyl (C=O) groups is 2. The summed E-state index contributed by atoms with van der Waals surface area (Å²) in [5.74, 6) is -1.91. The van der Waals surface area contributed by atoms with E-state index in [2.05, 4.69) is 5.32 Å². The van der Waals surface area contributed by atoms with Gasteiger partial charge < -0.3 is 11.1 Å². The first-order valence-electron chi connectivity index (χ1n) is 10.5. The molecule has 3 N–H and O–H groups in total. The summed E-state index contributed by atoms with van der Waals surface area (Å²) in [7, 11) is 0. The van der Waals surface area contributed by atoms with Crippen molar-refractivity contribution in [3.63, 3.8) is 0 Å². The second-order valence-electron chi connectivity index (χ2n) is 9.50. The number of hydrogen-bond donors (Lipinski definition) is 2. The Morgan fingerprint density at radius 2 is 1.89 bits per heavy atom. The van der Waals surface area contributed by atoms with Crippen LogP contribution in [-0.4, -0.2) is 47.8 Å². The Morgan fingerprint density at radius 1 is 1.22 bits per heavy atom. The van der Waals surface area contributed by atoms with Crippen LogP contribution in [0.5, 0.6) is 0 Å². The minimum atomic E-state index is -2.71. The molecule has 0 aromatic rings. The van der Waals surface area contributed by atoms with E-state index in [1.165, 1.54) is 0 Å². The second kappa shape index (κ2) is 6.68. The van der Waals surface area contributed by atoms with Gasteiger partial charge in [0.05, 0.1) is 12.6 Å². The van der Waals surface area contributed by atoms with Crippen molar-refractivity contribution in [3.8, 4) is 0 Å². The first kappa shape index (κ1) is 19.1. The minimum Gasteiger partial charge on any atom is -0.369 e. The standard InChI is InChI=1S/C20H31F2N3O2/c1-2-15(25-5-3-4-20(21,22)11-25)17(26)24-16-13-6-12-7-14(16)10-19(8-12,9-13)18(23)27/h12-16H,2-11H2,1H3,(H2,23,27)(H,24,26). The zero-order valence-corrected chi connectivity index (χ0v) is 16.1. The molecule has 3 atom stereocenters. The van der Waals surface area contributed by atoms with Gasteiger partial charge >= 0.3 is 0 Å². The summed E-state index contributed by atoms with van der Waals surface area (Å²) in [6, 6.07) is -0.445. The number of amides is 2. The van der Waals surface area contributed by atoms with Crippen LogP contribution in [0.4, 0.5) is 8.78 Å². The van der Waals surface area contributed by atoms with E-state index in [1.807, 2.05) is 6.92 Å². The summed E-state index contributed by atoms with van der Waals surface area (Å²) in [5, 5.41) is 3.22. The summed E-state index contributed by atoms with van der Waals surface area (Å²) in [5.41, 5.74) is 5.35. The number of rotatable bonds is 5. The molecule has 7 heteroatoms. The van der Waals surface area contributed by atoms with E-state index in [1.54, 1.807) is 4.90 Å². The SMILES string of the molecule is CCC(C(=O)NC1C2CC3CC1CC(C(N)=O)(C3)C2)N1CCCC(F)(F)C1. The van der Waals surface area contributed by atoms with Gasteiger partial charge in [-0.1, -0.05) is 6.92 Å². The van der Waals surface area contributed by atoms with Crippen molar-refractivity contribution in [2.24, 2.45) is 28.9 Å². The van der Waals surface area contributed by atoms with Crippen LogP contribution in [0.15, 0.2) is 0 Å². The van der Waals surface area contributed by atoms with Crippen molar-refractivity contribution in [1.29, 1.82) is 0 Å². The first-order valence-corrected chi connectivity index (χ1v) is 10.5. The van der Waals surface area contributed by atoms with Crippen LogP contribution in [0, 0.1) is 23.2 Å². The highest BCUT2D eigenvalue weighted by Gasteiger charge is 2.58. The van der Waals surface area contributed by atoms with Gasteiger partial charge in [0.15, 0.2) is 0 Å². The van der Waals surface area contributed by atoms with Crippen molar-refractivity contribution < 1.29 is 18.4 Å². The summed E-state index contributed by atoms with van der Waals surface area (Å²) >= 11 is 0. The molecule has 5 nitrogen and oxygen atoms in total. The molecule has 152 valence electrons. The van der Waals surface area contributed by atoms with Gasteiger partial charge in [-0.05, 0) is 69.2 Å². The Bertz CT molecular complexity index is 610. The third kappa shape index (κ3) is 3.36. The largest absolute Gasteiger partial charge is 0.369 e. The topological polar surface area (TPSA) is 75.4 Å². The minimum absolute atomic E-state index is 0.0564. The van der Waals surface area contributed by atoms with E-state index in [9.17, 15) is 18.4 Å². The van der Waals surface area contributed by atoms with Gasteiger partial charge in [0, 0.05) is 17.9 Å². The fourth-order valence-corrected chi connectivity index (χ4v) is 6.69. The average Bonchev–Trinajstić information content (AvgIpc) is 2.57. The molecule has 3 unspecified atom stereocenters. The number of primary amides is 1. The molecular formula is C20H31F2N3O2. The normalized spacial score (nSPS) is 41.3. The molecule has 0 radical (unpaired) electrons. The zero-order valence-electron chi connectivity index (χ0n) is 16.1. The van der Waals surface area contributed by atoms with E-state index in [-0.39, 0.29) is 48.1 Å². The van der Waals surface area contributed by atoms with E-state index in [0.29, 0.717) is 25.3 Å². The molecule has 5 rings (SSSR count). The highest BCUT2D eigenvalue weighted by Crippen LogP contribution is 2.59. The second-order valence-corrected chi connectivity index (χ2v) is 9.50. The maximum Gasteiger partial charge on any atom is 0.260 e. The van der Waals surface area contributed by atoms with Gasteiger partial charge in [0.1, 0.15) is 0 Å². The molecule has 5 fully saturated rings. The fraction of sp³-hybridized carbons (Fsp3) is 0.900. The molecule has 5 aliphatic rings. The van der Waals surface area contributed by atoms with Gasteiger partial charge in [-0.15, -0.1) is 0 Å². The number of carbonyl (C=O) groups excluding carboxylic acids is 2. The zero-order chi connectivity index (χ0) is 19.4. The first-order chi connectivity index (χ1) is 12.7. The van der Waals surface area contributed by atoms with Crippen LogP contribution in [0.1, 0.15) is 58.3 Å². The molecule has 27 heavy (non-hydrogen) atoms. The molecule has 4 aliphatic carbocycles. The van der Waals surface area contributed by atoms with Crippen molar-refractivity contribution in [2.75, 3.05) is 13.1 Å². The van der Waals surface area contributed by atoms with Crippen molar-refractivity contribution in [3.05, 3.63) is 0 Å². The Kier molecular flexibility index (Phi) is 4.72. The van der Waals surface area contributed by atoms with Crippen LogP contribution < -0.4 is 11.1 Å². The van der Waals surface area contributed by atoms with E-state index >= 15 is 0 Å². The van der Waals surface area contributed by atoms with Gasteiger partial charge in [-0.25, -0.2) is 8.78 Å². The van der Waals surface area contributed by atoms with Gasteiger partial charge in [0.2, 0.25) is 11.8 Å². The fourth-order valence-electron chi connectivity index (χ4n) is 6.69. The van der Waals surface area contributed by atoms with Crippen molar-refractivity contribution in [1.82, 2.24) is 10.2 Å². The van der Waals surface area contributed by atoms with Crippen LogP contribution >= 0.6 is 0 Å². The summed E-state index contributed by atoms with van der Waals surface area (Å²) in [6.07, 6.45) is 5.36. The Balaban J connectivity index is 1.44. The summed E-state index contributed by atoms with van der Waals surface area (Å²) < 4.78 is 27.6. The Morgan fingerprint density at radius 3 is 2.44 bits per heavy atom. The van der Waals surface area contributed by atoms with Crippen LogP contribution in [0.3, 0.4) is 0 Å². The summed E-state index contributed by atoms with van der Waals surface area (Å²) in [6.45, 7) is 2.10. The highest BCUT2D eigenvalue weighted by molar-refractivity contribution is 5.83. The average molecular weight is 383 g/mol. The summed E-state index contributed by atoms with van der Waals surface area (Å²) in [4.78, 5) is 26.7. The quantitative estimate of drug-likeness (QED) is 0.765.